The molecule has 1 heterocycles. The highest BCUT2D eigenvalue weighted by Crippen LogP contribution is 2.32. The lowest BCUT2D eigenvalue weighted by Gasteiger charge is -2.38. The second kappa shape index (κ2) is 5.19. The van der Waals surface area contributed by atoms with Gasteiger partial charge in [-0.15, -0.1) is 0 Å². The van der Waals surface area contributed by atoms with Crippen LogP contribution in [0.5, 0.6) is 0 Å². The second-order valence-corrected chi connectivity index (χ2v) is 5.64. The van der Waals surface area contributed by atoms with E-state index >= 15 is 0 Å². The number of ether oxygens (including phenoxy) is 1. The van der Waals surface area contributed by atoms with Crippen molar-refractivity contribution >= 4 is 17.8 Å². The molecule has 0 bridgehead atoms. The van der Waals surface area contributed by atoms with Crippen LogP contribution in [0.3, 0.4) is 0 Å². The van der Waals surface area contributed by atoms with Crippen molar-refractivity contribution in [3.8, 4) is 0 Å². The molecule has 0 unspecified atom stereocenters. The SMILES string of the molecule is CC(C)[C@@H]1C(=O)O[C@H]1C(=O)N[C@H](C(=O)O)C1CCC1. The first-order chi connectivity index (χ1) is 8.91. The van der Waals surface area contributed by atoms with Gasteiger partial charge in [-0.25, -0.2) is 4.79 Å². The third-order valence-electron chi connectivity index (χ3n) is 4.00. The maximum Gasteiger partial charge on any atom is 0.326 e. The molecule has 2 fully saturated rings. The van der Waals surface area contributed by atoms with Crippen molar-refractivity contribution in [2.75, 3.05) is 0 Å². The summed E-state index contributed by atoms with van der Waals surface area (Å²) in [7, 11) is 0. The lowest BCUT2D eigenvalue weighted by atomic mass is 9.79. The highest BCUT2D eigenvalue weighted by atomic mass is 16.6. The molecule has 106 valence electrons. The minimum atomic E-state index is -1.02. The van der Waals surface area contributed by atoms with E-state index in [0.29, 0.717) is 0 Å². The topological polar surface area (TPSA) is 92.7 Å². The Morgan fingerprint density at radius 3 is 2.37 bits per heavy atom. The van der Waals surface area contributed by atoms with Gasteiger partial charge in [-0.2, -0.15) is 0 Å². The highest BCUT2D eigenvalue weighted by molar-refractivity contribution is 5.95. The third kappa shape index (κ3) is 2.57. The number of aliphatic carboxylic acids is 1. The van der Waals surface area contributed by atoms with Gasteiger partial charge in [0, 0.05) is 0 Å². The Morgan fingerprint density at radius 2 is 2.00 bits per heavy atom. The van der Waals surface area contributed by atoms with Crippen molar-refractivity contribution in [1.82, 2.24) is 5.32 Å². The first kappa shape index (κ1) is 13.8. The average Bonchev–Trinajstić information content (AvgIpc) is 2.20. The first-order valence-electron chi connectivity index (χ1n) is 6.65. The summed E-state index contributed by atoms with van der Waals surface area (Å²) >= 11 is 0. The van der Waals surface area contributed by atoms with E-state index in [2.05, 4.69) is 5.32 Å². The Morgan fingerprint density at radius 1 is 1.37 bits per heavy atom. The van der Waals surface area contributed by atoms with Crippen LogP contribution in [0.15, 0.2) is 0 Å². The molecule has 2 aliphatic rings. The number of carboxylic acids is 1. The van der Waals surface area contributed by atoms with Crippen LogP contribution in [0.25, 0.3) is 0 Å². The Labute approximate surface area is 111 Å². The van der Waals surface area contributed by atoms with Crippen LogP contribution in [0.2, 0.25) is 0 Å². The number of nitrogens with one attached hydrogen (secondary N) is 1. The molecule has 6 heteroatoms. The van der Waals surface area contributed by atoms with Crippen LogP contribution < -0.4 is 5.32 Å². The number of amides is 1. The molecule has 6 nitrogen and oxygen atoms in total. The van der Waals surface area contributed by atoms with Gasteiger partial charge in [-0.1, -0.05) is 20.3 Å². The fourth-order valence-electron chi connectivity index (χ4n) is 2.56. The maximum atomic E-state index is 12.0. The minimum Gasteiger partial charge on any atom is -0.480 e. The summed E-state index contributed by atoms with van der Waals surface area (Å²) in [6.07, 6.45) is 1.79. The fraction of sp³-hybridized carbons (Fsp3) is 0.769. The van der Waals surface area contributed by atoms with Crippen LogP contribution in [-0.4, -0.2) is 35.1 Å². The number of hydrogen-bond donors (Lipinski definition) is 2. The smallest absolute Gasteiger partial charge is 0.326 e. The maximum absolute atomic E-state index is 12.0. The Hall–Kier alpha value is -1.59. The van der Waals surface area contributed by atoms with E-state index in [0.717, 1.165) is 19.3 Å². The molecule has 2 rings (SSSR count). The molecule has 0 aromatic rings. The highest BCUT2D eigenvalue weighted by Gasteiger charge is 2.50. The van der Waals surface area contributed by atoms with Crippen molar-refractivity contribution in [3.05, 3.63) is 0 Å². The lowest BCUT2D eigenvalue weighted by molar-refractivity contribution is -0.193. The van der Waals surface area contributed by atoms with E-state index in [1.165, 1.54) is 0 Å². The van der Waals surface area contributed by atoms with Crippen LogP contribution in [0.4, 0.5) is 0 Å². The van der Waals surface area contributed by atoms with E-state index in [1.54, 1.807) is 0 Å². The molecular formula is C13H19NO5. The fourth-order valence-corrected chi connectivity index (χ4v) is 2.56. The number of esters is 1. The molecule has 1 aliphatic heterocycles. The first-order valence-corrected chi connectivity index (χ1v) is 6.65. The monoisotopic (exact) mass is 269 g/mol. The minimum absolute atomic E-state index is 0.00369. The Bertz CT molecular complexity index is 402. The zero-order valence-corrected chi connectivity index (χ0v) is 11.1. The zero-order chi connectivity index (χ0) is 14.2. The zero-order valence-electron chi connectivity index (χ0n) is 11.1. The van der Waals surface area contributed by atoms with Gasteiger partial charge in [0.05, 0.1) is 0 Å². The summed E-state index contributed by atoms with van der Waals surface area (Å²) in [5.41, 5.74) is 0. The van der Waals surface area contributed by atoms with Gasteiger partial charge in [0.15, 0.2) is 6.10 Å². The van der Waals surface area contributed by atoms with Gasteiger partial charge >= 0.3 is 11.9 Å². The van der Waals surface area contributed by atoms with Crippen molar-refractivity contribution in [2.24, 2.45) is 17.8 Å². The van der Waals surface area contributed by atoms with Gasteiger partial charge in [-0.3, -0.25) is 9.59 Å². The Balaban J connectivity index is 1.96. The number of carbonyl (C=O) groups is 3. The molecule has 1 saturated heterocycles. The molecule has 19 heavy (non-hydrogen) atoms. The molecule has 0 aromatic heterocycles. The number of cyclic esters (lactones) is 1. The van der Waals surface area contributed by atoms with Gasteiger partial charge in [0.1, 0.15) is 12.0 Å². The molecule has 1 amide bonds. The summed E-state index contributed by atoms with van der Waals surface area (Å²) in [5, 5.41) is 11.6. The molecule has 1 saturated carbocycles. The van der Waals surface area contributed by atoms with E-state index < -0.39 is 29.9 Å². The average molecular weight is 269 g/mol. The number of hydrogen-bond acceptors (Lipinski definition) is 4. The van der Waals surface area contributed by atoms with E-state index in [4.69, 9.17) is 9.84 Å². The third-order valence-corrected chi connectivity index (χ3v) is 4.00. The number of carboxylic acid groups (broad SMARTS) is 1. The van der Waals surface area contributed by atoms with E-state index in [9.17, 15) is 14.4 Å². The normalized spacial score (nSPS) is 28.1. The predicted octanol–water partition coefficient (Wildman–Crippen LogP) is 0.553. The van der Waals surface area contributed by atoms with Gasteiger partial charge in [0.2, 0.25) is 0 Å². The van der Waals surface area contributed by atoms with Crippen LogP contribution in [0.1, 0.15) is 33.1 Å². The van der Waals surface area contributed by atoms with Gasteiger partial charge in [0.25, 0.3) is 5.91 Å². The molecule has 1 aliphatic carbocycles. The van der Waals surface area contributed by atoms with Crippen molar-refractivity contribution < 1.29 is 24.2 Å². The molecule has 0 aromatic carbocycles. The summed E-state index contributed by atoms with van der Waals surface area (Å²) in [5.74, 6) is -2.36. The quantitative estimate of drug-likeness (QED) is 0.711. The molecule has 3 atom stereocenters. The molecule has 2 N–H and O–H groups in total. The second-order valence-electron chi connectivity index (χ2n) is 5.64. The van der Waals surface area contributed by atoms with Crippen LogP contribution in [-0.2, 0) is 19.1 Å². The van der Waals surface area contributed by atoms with E-state index in [1.807, 2.05) is 13.8 Å². The summed E-state index contributed by atoms with van der Waals surface area (Å²) in [4.78, 5) is 34.4. The van der Waals surface area contributed by atoms with Crippen molar-refractivity contribution in [2.45, 2.75) is 45.3 Å². The molecule has 0 radical (unpaired) electrons. The van der Waals surface area contributed by atoms with Crippen molar-refractivity contribution in [3.63, 3.8) is 0 Å². The number of rotatable bonds is 5. The predicted molar refractivity (Wildman–Crippen MR) is 65.1 cm³/mol. The van der Waals surface area contributed by atoms with E-state index in [-0.39, 0.29) is 17.8 Å². The Kier molecular flexibility index (Phi) is 3.78. The van der Waals surface area contributed by atoms with Crippen molar-refractivity contribution in [1.29, 1.82) is 0 Å². The molecule has 0 spiro atoms. The standard InChI is InChI=1S/C13H19NO5/c1-6(2)8-10(19-13(8)18)11(15)14-9(12(16)17)7-4-3-5-7/h6-10H,3-5H2,1-2H3,(H,14,15)(H,16,17)/t8-,9-,10+/m0/s1. The van der Waals surface area contributed by atoms with Crippen LogP contribution >= 0.6 is 0 Å². The molecular weight excluding hydrogens is 250 g/mol. The summed E-state index contributed by atoms with van der Waals surface area (Å²) in [6.45, 7) is 3.68. The number of carbonyl (C=O) groups excluding carboxylic acids is 2. The summed E-state index contributed by atoms with van der Waals surface area (Å²) in [6, 6.07) is -0.867. The van der Waals surface area contributed by atoms with Gasteiger partial charge < -0.3 is 15.2 Å². The lowest BCUT2D eigenvalue weighted by Crippen LogP contribution is -2.59. The van der Waals surface area contributed by atoms with Gasteiger partial charge in [-0.05, 0) is 24.7 Å². The largest absolute Gasteiger partial charge is 0.480 e. The summed E-state index contributed by atoms with van der Waals surface area (Å²) < 4.78 is 4.84. The van der Waals surface area contributed by atoms with Crippen LogP contribution in [0, 0.1) is 17.8 Å².